The maximum absolute atomic E-state index is 12.8. The van der Waals surface area contributed by atoms with Gasteiger partial charge < -0.3 is 10.2 Å². The molecule has 152 valence electrons. The van der Waals surface area contributed by atoms with E-state index in [4.69, 9.17) is 0 Å². The smallest absolute Gasteiger partial charge is 0.276 e. The third kappa shape index (κ3) is 4.08. The van der Waals surface area contributed by atoms with E-state index in [9.17, 15) is 9.59 Å². The molecule has 10 heteroatoms. The molecule has 4 rings (SSSR count). The molecule has 4 heterocycles. The Bertz CT molecular complexity index is 1040. The Morgan fingerprint density at radius 3 is 2.59 bits per heavy atom. The lowest BCUT2D eigenvalue weighted by Crippen LogP contribution is -2.37. The molecular formula is C19H22N6O2S2. The van der Waals surface area contributed by atoms with Gasteiger partial charge in [-0.2, -0.15) is 5.10 Å². The SMILES string of the molecule is Cc1nc(C)c(C(=O)N2CCC(c3nc(C(=O)Nc4ccnn4C)cs3)CC2)s1. The predicted octanol–water partition coefficient (Wildman–Crippen LogP) is 3.22. The second kappa shape index (κ2) is 8.03. The van der Waals surface area contributed by atoms with Crippen molar-refractivity contribution >= 4 is 40.3 Å². The first-order valence-electron chi connectivity index (χ1n) is 9.40. The lowest BCUT2D eigenvalue weighted by atomic mass is 9.97. The van der Waals surface area contributed by atoms with E-state index in [1.54, 1.807) is 29.4 Å². The van der Waals surface area contributed by atoms with Crippen LogP contribution in [0.1, 0.15) is 54.6 Å². The van der Waals surface area contributed by atoms with Crippen LogP contribution in [0.2, 0.25) is 0 Å². The fourth-order valence-corrected chi connectivity index (χ4v) is 5.32. The zero-order valence-electron chi connectivity index (χ0n) is 16.5. The summed E-state index contributed by atoms with van der Waals surface area (Å²) in [5.41, 5.74) is 1.23. The van der Waals surface area contributed by atoms with Crippen molar-refractivity contribution in [2.45, 2.75) is 32.6 Å². The van der Waals surface area contributed by atoms with Gasteiger partial charge >= 0.3 is 0 Å². The molecule has 1 N–H and O–H groups in total. The fraction of sp³-hybridized carbons (Fsp3) is 0.421. The van der Waals surface area contributed by atoms with Gasteiger partial charge in [-0.05, 0) is 26.7 Å². The van der Waals surface area contributed by atoms with Gasteiger partial charge in [0.05, 0.1) is 21.9 Å². The second-order valence-corrected chi connectivity index (χ2v) is 9.17. The van der Waals surface area contributed by atoms with Crippen LogP contribution in [-0.4, -0.2) is 49.6 Å². The number of nitrogens with zero attached hydrogens (tertiary/aromatic N) is 5. The van der Waals surface area contributed by atoms with Crippen LogP contribution >= 0.6 is 22.7 Å². The van der Waals surface area contributed by atoms with Crippen molar-refractivity contribution in [3.8, 4) is 0 Å². The molecule has 3 aromatic heterocycles. The van der Waals surface area contributed by atoms with E-state index >= 15 is 0 Å². The van der Waals surface area contributed by atoms with E-state index in [0.717, 1.165) is 33.4 Å². The summed E-state index contributed by atoms with van der Waals surface area (Å²) in [6, 6.07) is 1.74. The van der Waals surface area contributed by atoms with Gasteiger partial charge in [0.25, 0.3) is 11.8 Å². The highest BCUT2D eigenvalue weighted by molar-refractivity contribution is 7.13. The first-order chi connectivity index (χ1) is 13.9. The number of carbonyl (C=O) groups is 2. The normalized spacial score (nSPS) is 14.9. The Morgan fingerprint density at radius 2 is 1.97 bits per heavy atom. The summed E-state index contributed by atoms with van der Waals surface area (Å²) in [6.45, 7) is 5.19. The summed E-state index contributed by atoms with van der Waals surface area (Å²) in [7, 11) is 1.77. The summed E-state index contributed by atoms with van der Waals surface area (Å²) in [5.74, 6) is 0.734. The number of amides is 2. The molecule has 0 aliphatic carbocycles. The Hall–Kier alpha value is -2.59. The van der Waals surface area contributed by atoms with Crippen molar-refractivity contribution in [3.05, 3.63) is 43.9 Å². The Kier molecular flexibility index (Phi) is 5.46. The standard InChI is InChI=1S/C19H22N6O2S2/c1-11-16(29-12(2)21-11)19(27)25-8-5-13(6-9-25)18-22-14(10-28-18)17(26)23-15-4-7-20-24(15)3/h4,7,10,13H,5-6,8-9H2,1-3H3,(H,23,26). The molecule has 2 amide bonds. The highest BCUT2D eigenvalue weighted by Gasteiger charge is 2.28. The van der Waals surface area contributed by atoms with Crippen LogP contribution in [0.3, 0.4) is 0 Å². The molecule has 0 bridgehead atoms. The third-order valence-electron chi connectivity index (χ3n) is 5.05. The van der Waals surface area contributed by atoms with Crippen LogP contribution in [0, 0.1) is 13.8 Å². The van der Waals surface area contributed by atoms with Crippen molar-refractivity contribution in [2.24, 2.45) is 7.05 Å². The van der Waals surface area contributed by atoms with Crippen molar-refractivity contribution in [1.29, 1.82) is 0 Å². The van der Waals surface area contributed by atoms with Crippen LogP contribution < -0.4 is 5.32 Å². The number of anilines is 1. The van der Waals surface area contributed by atoms with E-state index in [2.05, 4.69) is 20.4 Å². The zero-order chi connectivity index (χ0) is 20.5. The average Bonchev–Trinajstić information content (AvgIpc) is 3.42. The second-order valence-electron chi connectivity index (χ2n) is 7.08. The van der Waals surface area contributed by atoms with Gasteiger partial charge in [0.1, 0.15) is 16.4 Å². The number of hydrogen-bond donors (Lipinski definition) is 1. The van der Waals surface area contributed by atoms with Crippen LogP contribution in [0.15, 0.2) is 17.6 Å². The fourth-order valence-electron chi connectivity index (χ4n) is 3.46. The molecule has 0 unspecified atom stereocenters. The lowest BCUT2D eigenvalue weighted by molar-refractivity contribution is 0.0717. The van der Waals surface area contributed by atoms with Crippen molar-refractivity contribution < 1.29 is 9.59 Å². The first kappa shape index (κ1) is 19.7. The van der Waals surface area contributed by atoms with Gasteiger partial charge in [0.15, 0.2) is 0 Å². The molecule has 1 aliphatic rings. The molecule has 0 aromatic carbocycles. The van der Waals surface area contributed by atoms with Crippen LogP contribution in [-0.2, 0) is 7.05 Å². The summed E-state index contributed by atoms with van der Waals surface area (Å²) in [6.07, 6.45) is 3.32. The predicted molar refractivity (Wildman–Crippen MR) is 113 cm³/mol. The molecular weight excluding hydrogens is 408 g/mol. The number of aromatic nitrogens is 4. The number of likely N-dealkylation sites (tertiary alicyclic amines) is 1. The molecule has 1 saturated heterocycles. The van der Waals surface area contributed by atoms with Gasteiger partial charge in [-0.3, -0.25) is 14.3 Å². The number of aryl methyl sites for hydroxylation is 3. The number of piperidine rings is 1. The van der Waals surface area contributed by atoms with E-state index < -0.39 is 0 Å². The monoisotopic (exact) mass is 430 g/mol. The molecule has 0 atom stereocenters. The van der Waals surface area contributed by atoms with Gasteiger partial charge in [0.2, 0.25) is 0 Å². The number of carbonyl (C=O) groups excluding carboxylic acids is 2. The molecule has 3 aromatic rings. The Balaban J connectivity index is 1.37. The summed E-state index contributed by atoms with van der Waals surface area (Å²) in [4.78, 5) is 36.8. The van der Waals surface area contributed by atoms with Gasteiger partial charge in [-0.1, -0.05) is 0 Å². The van der Waals surface area contributed by atoms with Gasteiger partial charge in [-0.25, -0.2) is 9.97 Å². The molecule has 0 saturated carbocycles. The molecule has 0 spiro atoms. The summed E-state index contributed by atoms with van der Waals surface area (Å²) >= 11 is 2.97. The average molecular weight is 431 g/mol. The van der Waals surface area contributed by atoms with Gasteiger partial charge in [0, 0.05) is 37.5 Å². The maximum Gasteiger partial charge on any atom is 0.276 e. The number of thiazole rings is 2. The van der Waals surface area contributed by atoms with E-state index in [1.165, 1.54) is 22.7 Å². The zero-order valence-corrected chi connectivity index (χ0v) is 18.1. The summed E-state index contributed by atoms with van der Waals surface area (Å²) in [5, 5.41) is 10.5. The highest BCUT2D eigenvalue weighted by atomic mass is 32.1. The number of nitrogens with one attached hydrogen (secondary N) is 1. The number of rotatable bonds is 4. The lowest BCUT2D eigenvalue weighted by Gasteiger charge is -2.30. The largest absolute Gasteiger partial charge is 0.338 e. The molecule has 1 fully saturated rings. The molecule has 8 nitrogen and oxygen atoms in total. The highest BCUT2D eigenvalue weighted by Crippen LogP contribution is 2.31. The number of hydrogen-bond acceptors (Lipinski definition) is 7. The minimum atomic E-state index is -0.236. The van der Waals surface area contributed by atoms with Crippen LogP contribution in [0.4, 0.5) is 5.82 Å². The molecule has 1 aliphatic heterocycles. The van der Waals surface area contributed by atoms with E-state index in [0.29, 0.717) is 24.6 Å². The van der Waals surface area contributed by atoms with Crippen LogP contribution in [0.25, 0.3) is 0 Å². The Morgan fingerprint density at radius 1 is 1.21 bits per heavy atom. The molecule has 0 radical (unpaired) electrons. The quantitative estimate of drug-likeness (QED) is 0.686. The van der Waals surface area contributed by atoms with E-state index in [-0.39, 0.29) is 17.7 Å². The third-order valence-corrected chi connectivity index (χ3v) is 7.11. The first-order valence-corrected chi connectivity index (χ1v) is 11.1. The Labute approximate surface area is 176 Å². The van der Waals surface area contributed by atoms with Gasteiger partial charge in [-0.15, -0.1) is 22.7 Å². The maximum atomic E-state index is 12.8. The van der Waals surface area contributed by atoms with Crippen molar-refractivity contribution in [3.63, 3.8) is 0 Å². The topological polar surface area (TPSA) is 93.0 Å². The van der Waals surface area contributed by atoms with Crippen molar-refractivity contribution in [1.82, 2.24) is 24.6 Å². The summed E-state index contributed by atoms with van der Waals surface area (Å²) < 4.78 is 1.60. The van der Waals surface area contributed by atoms with Crippen molar-refractivity contribution in [2.75, 3.05) is 18.4 Å². The minimum absolute atomic E-state index is 0.0712. The van der Waals surface area contributed by atoms with Crippen LogP contribution in [0.5, 0.6) is 0 Å². The molecule has 29 heavy (non-hydrogen) atoms. The minimum Gasteiger partial charge on any atom is -0.338 e. The van der Waals surface area contributed by atoms with E-state index in [1.807, 2.05) is 18.7 Å².